The fraction of sp³-hybridized carbons (Fsp3) is 0.529. The first-order valence-electron chi connectivity index (χ1n) is 8.19. The highest BCUT2D eigenvalue weighted by Crippen LogP contribution is 2.50. The second kappa shape index (κ2) is 6.01. The van der Waals surface area contributed by atoms with Crippen LogP contribution in [0.1, 0.15) is 43.0 Å². The van der Waals surface area contributed by atoms with Crippen LogP contribution in [0.5, 0.6) is 5.75 Å². The number of aromatic hydroxyl groups is 1. The number of phenols is 1. The summed E-state index contributed by atoms with van der Waals surface area (Å²) in [7, 11) is 0. The summed E-state index contributed by atoms with van der Waals surface area (Å²) < 4.78 is 41.4. The first-order chi connectivity index (χ1) is 11.7. The number of halogens is 3. The lowest BCUT2D eigenvalue weighted by atomic mass is 9.74. The van der Waals surface area contributed by atoms with E-state index in [1.54, 1.807) is 0 Å². The van der Waals surface area contributed by atoms with Gasteiger partial charge >= 0.3 is 6.18 Å². The molecule has 1 aliphatic carbocycles. The minimum Gasteiger partial charge on any atom is -0.507 e. The lowest BCUT2D eigenvalue weighted by Gasteiger charge is -2.39. The van der Waals surface area contributed by atoms with Crippen molar-refractivity contribution < 1.29 is 28.2 Å². The lowest BCUT2D eigenvalue weighted by molar-refractivity contribution is -0.313. The third-order valence-corrected chi connectivity index (χ3v) is 5.14. The van der Waals surface area contributed by atoms with Crippen molar-refractivity contribution >= 4 is 11.6 Å². The van der Waals surface area contributed by atoms with Gasteiger partial charge in [-0.2, -0.15) is 23.3 Å². The number of hydrogen-bond donors (Lipinski definition) is 2. The fourth-order valence-electron chi connectivity index (χ4n) is 3.64. The summed E-state index contributed by atoms with van der Waals surface area (Å²) >= 11 is 0. The van der Waals surface area contributed by atoms with Gasteiger partial charge in [-0.3, -0.25) is 4.79 Å². The lowest BCUT2D eigenvalue weighted by Crippen LogP contribution is -2.61. The van der Waals surface area contributed by atoms with Gasteiger partial charge in [0.1, 0.15) is 5.75 Å². The summed E-state index contributed by atoms with van der Waals surface area (Å²) in [6, 6.07) is 5.27. The zero-order chi connectivity index (χ0) is 18.4. The number of carbonyl (C=O) groups excluding carboxylic acids is 1. The first-order valence-corrected chi connectivity index (χ1v) is 8.19. The molecule has 25 heavy (non-hydrogen) atoms. The van der Waals surface area contributed by atoms with Gasteiger partial charge in [0, 0.05) is 5.71 Å². The number of rotatable bonds is 2. The van der Waals surface area contributed by atoms with E-state index < -0.39 is 29.5 Å². The Kier molecular flexibility index (Phi) is 4.26. The van der Waals surface area contributed by atoms with Gasteiger partial charge < -0.3 is 10.2 Å². The van der Waals surface area contributed by atoms with E-state index in [0.717, 1.165) is 0 Å². The summed E-state index contributed by atoms with van der Waals surface area (Å²) in [4.78, 5) is 12.6. The van der Waals surface area contributed by atoms with Crippen LogP contribution < -0.4 is 0 Å². The topological polar surface area (TPSA) is 73.1 Å². The molecule has 0 unspecified atom stereocenters. The molecule has 3 atom stereocenters. The third kappa shape index (κ3) is 2.68. The largest absolute Gasteiger partial charge is 0.507 e. The van der Waals surface area contributed by atoms with Crippen molar-refractivity contribution in [2.75, 3.05) is 0 Å². The van der Waals surface area contributed by atoms with Crippen molar-refractivity contribution in [3.05, 3.63) is 29.8 Å². The molecule has 136 valence electrons. The molecule has 2 N–H and O–H groups in total. The minimum atomic E-state index is -5.07. The maximum atomic E-state index is 13.8. The summed E-state index contributed by atoms with van der Waals surface area (Å²) in [6.07, 6.45) is -3.26. The highest BCUT2D eigenvalue weighted by atomic mass is 19.4. The average Bonchev–Trinajstić information content (AvgIpc) is 2.88. The molecule has 1 aromatic rings. The van der Waals surface area contributed by atoms with Crippen molar-refractivity contribution in [3.8, 4) is 5.75 Å². The number of aliphatic hydroxyl groups is 1. The van der Waals surface area contributed by atoms with Crippen LogP contribution in [0, 0.1) is 11.8 Å². The normalized spacial score (nSPS) is 29.3. The van der Waals surface area contributed by atoms with Gasteiger partial charge in [0.2, 0.25) is 0 Å². The molecule has 1 aliphatic heterocycles. The van der Waals surface area contributed by atoms with E-state index in [4.69, 9.17) is 0 Å². The quantitative estimate of drug-likeness (QED) is 0.854. The molecule has 8 heteroatoms. The maximum Gasteiger partial charge on any atom is 0.439 e. The van der Waals surface area contributed by atoms with E-state index in [1.807, 2.05) is 6.92 Å². The predicted molar refractivity (Wildman–Crippen MR) is 83.8 cm³/mol. The summed E-state index contributed by atoms with van der Waals surface area (Å²) in [5.74, 6) is -2.87. The molecule has 0 radical (unpaired) electrons. The highest BCUT2D eigenvalue weighted by Gasteiger charge is 2.69. The fourth-order valence-corrected chi connectivity index (χ4v) is 3.64. The number of benzene rings is 1. The Morgan fingerprint density at radius 3 is 2.68 bits per heavy atom. The summed E-state index contributed by atoms with van der Waals surface area (Å²) in [5, 5.41) is 24.3. The molecule has 3 rings (SSSR count). The van der Waals surface area contributed by atoms with E-state index in [-0.39, 0.29) is 28.6 Å². The number of amides is 1. The van der Waals surface area contributed by atoms with Gasteiger partial charge in [0.25, 0.3) is 11.6 Å². The van der Waals surface area contributed by atoms with Crippen molar-refractivity contribution in [2.24, 2.45) is 16.9 Å². The smallest absolute Gasteiger partial charge is 0.439 e. The highest BCUT2D eigenvalue weighted by molar-refractivity contribution is 6.01. The molecule has 1 aromatic carbocycles. The minimum absolute atomic E-state index is 0.0398. The number of hydrazone groups is 1. The van der Waals surface area contributed by atoms with Crippen LogP contribution in [0.2, 0.25) is 0 Å². The zero-order valence-corrected chi connectivity index (χ0v) is 13.6. The van der Waals surface area contributed by atoms with Crippen LogP contribution in [0.15, 0.2) is 29.4 Å². The Morgan fingerprint density at radius 2 is 2.08 bits per heavy atom. The van der Waals surface area contributed by atoms with Crippen molar-refractivity contribution in [1.29, 1.82) is 0 Å². The van der Waals surface area contributed by atoms with Crippen LogP contribution in [0.3, 0.4) is 0 Å². The summed E-state index contributed by atoms with van der Waals surface area (Å²) in [6.45, 7) is 1.89. The number of fused-ring (bicyclic) bond motifs is 1. The van der Waals surface area contributed by atoms with E-state index in [1.165, 1.54) is 24.3 Å². The molecule has 1 fully saturated rings. The van der Waals surface area contributed by atoms with Crippen molar-refractivity contribution in [3.63, 3.8) is 0 Å². The molecule has 5 nitrogen and oxygen atoms in total. The number of hydrogen-bond acceptors (Lipinski definition) is 4. The molecular formula is C17H19F3N2O3. The molecule has 1 heterocycles. The Balaban J connectivity index is 2.05. The van der Waals surface area contributed by atoms with E-state index in [9.17, 15) is 28.2 Å². The van der Waals surface area contributed by atoms with E-state index >= 15 is 0 Å². The molecule has 1 amide bonds. The number of alkyl halides is 3. The van der Waals surface area contributed by atoms with Crippen LogP contribution in [-0.2, 0) is 0 Å². The molecule has 0 spiro atoms. The SMILES string of the molecule is CC[C@@H]1CCC2=NN(C(=O)c3ccccc3O)[C@](O)(C(F)(F)F)[C@@H]2C1. The van der Waals surface area contributed by atoms with Gasteiger partial charge in [0.05, 0.1) is 11.5 Å². The van der Waals surface area contributed by atoms with E-state index in [2.05, 4.69) is 5.10 Å². The number of para-hydroxylation sites is 1. The first kappa shape index (κ1) is 17.7. The second-order valence-electron chi connectivity index (χ2n) is 6.55. The molecule has 0 aromatic heterocycles. The average molecular weight is 356 g/mol. The Hall–Kier alpha value is -2.09. The molecule has 2 aliphatic rings. The molecule has 0 saturated heterocycles. The Labute approximate surface area is 142 Å². The van der Waals surface area contributed by atoms with Gasteiger partial charge in [-0.15, -0.1) is 0 Å². The number of carbonyl (C=O) groups is 1. The van der Waals surface area contributed by atoms with Crippen LogP contribution in [0.25, 0.3) is 0 Å². The van der Waals surface area contributed by atoms with Gasteiger partial charge in [-0.1, -0.05) is 25.5 Å². The molecular weight excluding hydrogens is 337 g/mol. The zero-order valence-electron chi connectivity index (χ0n) is 13.6. The van der Waals surface area contributed by atoms with Crippen molar-refractivity contribution in [1.82, 2.24) is 5.01 Å². The number of phenolic OH excluding ortho intramolecular Hbond substituents is 1. The van der Waals surface area contributed by atoms with E-state index in [0.29, 0.717) is 19.3 Å². The van der Waals surface area contributed by atoms with Gasteiger partial charge in [0.15, 0.2) is 0 Å². The van der Waals surface area contributed by atoms with Crippen LogP contribution in [0.4, 0.5) is 13.2 Å². The van der Waals surface area contributed by atoms with Gasteiger partial charge in [-0.05, 0) is 37.3 Å². The van der Waals surface area contributed by atoms with Gasteiger partial charge in [-0.25, -0.2) is 0 Å². The van der Waals surface area contributed by atoms with Crippen LogP contribution in [-0.4, -0.2) is 38.7 Å². The summed E-state index contributed by atoms with van der Waals surface area (Å²) in [5.41, 5.74) is -3.54. The van der Waals surface area contributed by atoms with Crippen molar-refractivity contribution in [2.45, 2.75) is 44.5 Å². The monoisotopic (exact) mass is 356 g/mol. The third-order valence-electron chi connectivity index (χ3n) is 5.14. The molecule has 1 saturated carbocycles. The van der Waals surface area contributed by atoms with Crippen LogP contribution >= 0.6 is 0 Å². The number of nitrogens with zero attached hydrogens (tertiary/aromatic N) is 2. The predicted octanol–water partition coefficient (Wildman–Crippen LogP) is 3.28. The second-order valence-corrected chi connectivity index (χ2v) is 6.55. The standard InChI is InChI=1S/C17H19F3N2O3/c1-2-10-7-8-13-12(9-10)16(25,17(18,19)20)22(21-13)15(24)11-5-3-4-6-14(11)23/h3-6,10,12,23,25H,2,7-9H2,1H3/t10-,12-,16-/m1/s1. The Bertz CT molecular complexity index is 719. The Morgan fingerprint density at radius 1 is 1.40 bits per heavy atom. The maximum absolute atomic E-state index is 13.8. The molecule has 0 bridgehead atoms.